The third-order valence-corrected chi connectivity index (χ3v) is 3.49. The SMILES string of the molecule is OC1CCC(CNCc2ccc(F)cc2)CC1. The largest absolute Gasteiger partial charge is 0.393 e. The molecule has 2 nitrogen and oxygen atoms in total. The van der Waals surface area contributed by atoms with E-state index in [9.17, 15) is 9.50 Å². The molecule has 2 rings (SSSR count). The maximum Gasteiger partial charge on any atom is 0.123 e. The number of rotatable bonds is 4. The van der Waals surface area contributed by atoms with Crippen LogP contribution in [0, 0.1) is 11.7 Å². The zero-order valence-corrected chi connectivity index (χ0v) is 10.0. The van der Waals surface area contributed by atoms with Gasteiger partial charge in [0.2, 0.25) is 0 Å². The van der Waals surface area contributed by atoms with Gasteiger partial charge in [-0.3, -0.25) is 0 Å². The maximum atomic E-state index is 12.7. The van der Waals surface area contributed by atoms with Crippen LogP contribution >= 0.6 is 0 Å². The summed E-state index contributed by atoms with van der Waals surface area (Å²) in [5.74, 6) is 0.494. The average molecular weight is 237 g/mol. The van der Waals surface area contributed by atoms with Crippen LogP contribution in [-0.4, -0.2) is 17.8 Å². The second kappa shape index (κ2) is 6.12. The molecule has 0 aromatic heterocycles. The minimum absolute atomic E-state index is 0.0802. The third-order valence-electron chi connectivity index (χ3n) is 3.49. The molecule has 2 N–H and O–H groups in total. The number of benzene rings is 1. The second-order valence-corrected chi connectivity index (χ2v) is 4.93. The zero-order valence-electron chi connectivity index (χ0n) is 10.0. The molecule has 1 aliphatic carbocycles. The van der Waals surface area contributed by atoms with Crippen LogP contribution in [0.1, 0.15) is 31.2 Å². The van der Waals surface area contributed by atoms with Gasteiger partial charge in [0.05, 0.1) is 6.10 Å². The normalized spacial score (nSPS) is 24.8. The Bertz CT molecular complexity index is 331. The average Bonchev–Trinajstić information content (AvgIpc) is 2.34. The van der Waals surface area contributed by atoms with Crippen molar-refractivity contribution in [2.24, 2.45) is 5.92 Å². The Hall–Kier alpha value is -0.930. The maximum absolute atomic E-state index is 12.7. The van der Waals surface area contributed by atoms with Gasteiger partial charge >= 0.3 is 0 Å². The number of aliphatic hydroxyl groups is 1. The molecule has 0 bridgehead atoms. The van der Waals surface area contributed by atoms with E-state index in [1.54, 1.807) is 0 Å². The highest BCUT2D eigenvalue weighted by Gasteiger charge is 2.18. The summed E-state index contributed by atoms with van der Waals surface area (Å²) in [6, 6.07) is 6.61. The van der Waals surface area contributed by atoms with Crippen molar-refractivity contribution in [3.05, 3.63) is 35.6 Å². The van der Waals surface area contributed by atoms with Gasteiger partial charge in [-0.25, -0.2) is 4.39 Å². The smallest absolute Gasteiger partial charge is 0.123 e. The van der Waals surface area contributed by atoms with Crippen molar-refractivity contribution in [1.29, 1.82) is 0 Å². The molecular weight excluding hydrogens is 217 g/mol. The Morgan fingerprint density at radius 1 is 1.12 bits per heavy atom. The minimum Gasteiger partial charge on any atom is -0.393 e. The topological polar surface area (TPSA) is 32.3 Å². The van der Waals surface area contributed by atoms with E-state index in [0.717, 1.165) is 44.3 Å². The van der Waals surface area contributed by atoms with Crippen LogP contribution in [0.4, 0.5) is 4.39 Å². The van der Waals surface area contributed by atoms with Crippen LogP contribution in [0.3, 0.4) is 0 Å². The quantitative estimate of drug-likeness (QED) is 0.843. The Morgan fingerprint density at radius 3 is 2.41 bits per heavy atom. The van der Waals surface area contributed by atoms with Crippen molar-refractivity contribution in [1.82, 2.24) is 5.32 Å². The van der Waals surface area contributed by atoms with E-state index in [1.165, 1.54) is 12.1 Å². The van der Waals surface area contributed by atoms with E-state index < -0.39 is 0 Å². The molecule has 1 fully saturated rings. The number of hydrogen-bond acceptors (Lipinski definition) is 2. The highest BCUT2D eigenvalue weighted by molar-refractivity contribution is 5.15. The Morgan fingerprint density at radius 2 is 1.76 bits per heavy atom. The molecule has 1 aromatic rings. The molecule has 1 saturated carbocycles. The first kappa shape index (κ1) is 12.5. The molecule has 0 saturated heterocycles. The van der Waals surface area contributed by atoms with Crippen LogP contribution in [0.25, 0.3) is 0 Å². The van der Waals surface area contributed by atoms with Crippen LogP contribution in [0.15, 0.2) is 24.3 Å². The summed E-state index contributed by atoms with van der Waals surface area (Å²) in [6.07, 6.45) is 4.00. The standard InChI is InChI=1S/C14H20FNO/c15-13-5-1-11(2-6-13)9-16-10-12-3-7-14(17)8-4-12/h1-2,5-6,12,14,16-17H,3-4,7-10H2. The predicted molar refractivity (Wildman–Crippen MR) is 66.1 cm³/mol. The summed E-state index contributed by atoms with van der Waals surface area (Å²) in [5.41, 5.74) is 1.11. The molecule has 17 heavy (non-hydrogen) atoms. The fraction of sp³-hybridized carbons (Fsp3) is 0.571. The summed E-state index contributed by atoms with van der Waals surface area (Å²) in [7, 11) is 0. The van der Waals surface area contributed by atoms with Gasteiger partial charge in [0.1, 0.15) is 5.82 Å². The second-order valence-electron chi connectivity index (χ2n) is 4.93. The van der Waals surface area contributed by atoms with Gasteiger partial charge in [0.25, 0.3) is 0 Å². The molecular formula is C14H20FNO. The molecule has 0 amide bonds. The summed E-state index contributed by atoms with van der Waals surface area (Å²) in [6.45, 7) is 1.78. The Kier molecular flexibility index (Phi) is 4.51. The van der Waals surface area contributed by atoms with Crippen LogP contribution < -0.4 is 5.32 Å². The third kappa shape index (κ3) is 4.10. The monoisotopic (exact) mass is 237 g/mol. The summed E-state index contributed by atoms with van der Waals surface area (Å²) < 4.78 is 12.7. The molecule has 0 atom stereocenters. The summed E-state index contributed by atoms with van der Waals surface area (Å²) >= 11 is 0. The summed E-state index contributed by atoms with van der Waals surface area (Å²) in [4.78, 5) is 0. The van der Waals surface area contributed by atoms with E-state index in [-0.39, 0.29) is 11.9 Å². The lowest BCUT2D eigenvalue weighted by Crippen LogP contribution is -2.27. The molecule has 94 valence electrons. The molecule has 0 aliphatic heterocycles. The van der Waals surface area contributed by atoms with Gasteiger partial charge in [-0.1, -0.05) is 12.1 Å². The number of aliphatic hydroxyl groups excluding tert-OH is 1. The van der Waals surface area contributed by atoms with E-state index in [4.69, 9.17) is 0 Å². The van der Waals surface area contributed by atoms with E-state index in [1.807, 2.05) is 12.1 Å². The minimum atomic E-state index is -0.185. The first-order valence-corrected chi connectivity index (χ1v) is 6.37. The van der Waals surface area contributed by atoms with Crippen molar-refractivity contribution in [3.63, 3.8) is 0 Å². The van der Waals surface area contributed by atoms with Crippen LogP contribution in [-0.2, 0) is 6.54 Å². The lowest BCUT2D eigenvalue weighted by molar-refractivity contribution is 0.108. The van der Waals surface area contributed by atoms with Crippen LogP contribution in [0.2, 0.25) is 0 Å². The first-order valence-electron chi connectivity index (χ1n) is 6.37. The number of nitrogens with one attached hydrogen (secondary N) is 1. The van der Waals surface area contributed by atoms with Gasteiger partial charge < -0.3 is 10.4 Å². The van der Waals surface area contributed by atoms with Crippen molar-refractivity contribution < 1.29 is 9.50 Å². The van der Waals surface area contributed by atoms with E-state index in [2.05, 4.69) is 5.32 Å². The number of hydrogen-bond donors (Lipinski definition) is 2. The zero-order chi connectivity index (χ0) is 12.1. The van der Waals surface area contributed by atoms with Gasteiger partial charge in [0.15, 0.2) is 0 Å². The van der Waals surface area contributed by atoms with E-state index >= 15 is 0 Å². The highest BCUT2D eigenvalue weighted by atomic mass is 19.1. The van der Waals surface area contributed by atoms with Gasteiger partial charge in [-0.2, -0.15) is 0 Å². The van der Waals surface area contributed by atoms with Crippen LogP contribution in [0.5, 0.6) is 0 Å². The van der Waals surface area contributed by atoms with Crippen molar-refractivity contribution in [2.45, 2.75) is 38.3 Å². The molecule has 0 spiro atoms. The van der Waals surface area contributed by atoms with Gasteiger partial charge in [-0.15, -0.1) is 0 Å². The van der Waals surface area contributed by atoms with Crippen molar-refractivity contribution in [2.75, 3.05) is 6.54 Å². The van der Waals surface area contributed by atoms with Gasteiger partial charge in [0, 0.05) is 6.54 Å². The summed E-state index contributed by atoms with van der Waals surface area (Å²) in [5, 5.41) is 12.8. The molecule has 0 unspecified atom stereocenters. The Labute approximate surface area is 102 Å². The fourth-order valence-electron chi connectivity index (χ4n) is 2.37. The highest BCUT2D eigenvalue weighted by Crippen LogP contribution is 2.23. The molecule has 1 aliphatic rings. The first-order chi connectivity index (χ1) is 8.24. The van der Waals surface area contributed by atoms with Crippen molar-refractivity contribution >= 4 is 0 Å². The van der Waals surface area contributed by atoms with Crippen molar-refractivity contribution in [3.8, 4) is 0 Å². The van der Waals surface area contributed by atoms with Gasteiger partial charge in [-0.05, 0) is 55.8 Å². The molecule has 3 heteroatoms. The lowest BCUT2D eigenvalue weighted by Gasteiger charge is -2.25. The number of halogens is 1. The molecule has 0 heterocycles. The molecule has 0 radical (unpaired) electrons. The Balaban J connectivity index is 1.67. The molecule has 1 aromatic carbocycles. The predicted octanol–water partition coefficient (Wildman–Crippen LogP) is 2.47. The fourth-order valence-corrected chi connectivity index (χ4v) is 2.37. The lowest BCUT2D eigenvalue weighted by atomic mass is 9.87. The van der Waals surface area contributed by atoms with E-state index in [0.29, 0.717) is 5.92 Å².